The van der Waals surface area contributed by atoms with Gasteiger partial charge in [0.2, 0.25) is 0 Å². The van der Waals surface area contributed by atoms with Gasteiger partial charge in [-0.15, -0.1) is 0 Å². The highest BCUT2D eigenvalue weighted by Crippen LogP contribution is 2.22. The highest BCUT2D eigenvalue weighted by molar-refractivity contribution is 6.31. The minimum atomic E-state index is 0.332. The summed E-state index contributed by atoms with van der Waals surface area (Å²) in [5, 5.41) is 0.821. The Labute approximate surface area is 133 Å². The predicted octanol–water partition coefficient (Wildman–Crippen LogP) is 3.78. The quantitative estimate of drug-likeness (QED) is 0.746. The monoisotopic (exact) mass is 311 g/mol. The predicted molar refractivity (Wildman–Crippen MR) is 87.4 cm³/mol. The van der Waals surface area contributed by atoms with Gasteiger partial charge in [-0.1, -0.05) is 18.5 Å². The summed E-state index contributed by atoms with van der Waals surface area (Å²) in [5.41, 5.74) is 1.14. The van der Waals surface area contributed by atoms with E-state index in [-0.39, 0.29) is 0 Å². The van der Waals surface area contributed by atoms with Gasteiger partial charge in [0.15, 0.2) is 0 Å². The molecule has 0 aromatic heterocycles. The van der Waals surface area contributed by atoms with Crippen LogP contribution in [0.5, 0.6) is 5.75 Å². The van der Waals surface area contributed by atoms with Crippen LogP contribution in [0, 0.1) is 0 Å². The number of hydrogen-bond donors (Lipinski definition) is 0. The Morgan fingerprint density at radius 3 is 2.67 bits per heavy atom. The molecule has 0 aliphatic carbocycles. The molecule has 1 aromatic rings. The van der Waals surface area contributed by atoms with Crippen molar-refractivity contribution in [3.8, 4) is 5.75 Å². The summed E-state index contributed by atoms with van der Waals surface area (Å²) in [6.45, 7) is 10.2. The van der Waals surface area contributed by atoms with Gasteiger partial charge < -0.3 is 9.47 Å². The van der Waals surface area contributed by atoms with Crippen LogP contribution in [-0.4, -0.2) is 43.3 Å². The number of morpholine rings is 1. The van der Waals surface area contributed by atoms with E-state index in [1.807, 2.05) is 18.2 Å². The van der Waals surface area contributed by atoms with Gasteiger partial charge in [0.05, 0.1) is 18.8 Å². The molecule has 4 heteroatoms. The Hall–Kier alpha value is -0.770. The summed E-state index contributed by atoms with van der Waals surface area (Å²) in [6, 6.07) is 5.91. The molecule has 2 rings (SSSR count). The molecule has 0 saturated carbocycles. The average Bonchev–Trinajstić information content (AvgIpc) is 2.44. The number of nitrogens with zero attached hydrogens (tertiary/aromatic N) is 1. The fraction of sp³-hybridized carbons (Fsp3) is 0.647. The Morgan fingerprint density at radius 1 is 1.29 bits per heavy atom. The molecule has 1 aliphatic heterocycles. The molecule has 0 spiro atoms. The van der Waals surface area contributed by atoms with Crippen molar-refractivity contribution in [2.24, 2.45) is 0 Å². The molecular formula is C17H26ClNO2. The van der Waals surface area contributed by atoms with E-state index in [1.165, 1.54) is 0 Å². The molecule has 0 bridgehead atoms. The van der Waals surface area contributed by atoms with Crippen molar-refractivity contribution in [2.75, 3.05) is 26.2 Å². The van der Waals surface area contributed by atoms with Crippen LogP contribution in [0.3, 0.4) is 0 Å². The van der Waals surface area contributed by atoms with Crippen molar-refractivity contribution in [3.05, 3.63) is 28.8 Å². The molecule has 21 heavy (non-hydrogen) atoms. The topological polar surface area (TPSA) is 21.7 Å². The SMILES string of the molecule is CCc1cc(OCCCN2C[C@H](C)O[C@@H](C)C2)ccc1Cl. The summed E-state index contributed by atoms with van der Waals surface area (Å²) in [4.78, 5) is 2.46. The smallest absolute Gasteiger partial charge is 0.119 e. The van der Waals surface area contributed by atoms with Gasteiger partial charge in [-0.05, 0) is 50.5 Å². The Morgan fingerprint density at radius 2 is 2.00 bits per heavy atom. The number of halogens is 1. The Balaban J connectivity index is 1.72. The summed E-state index contributed by atoms with van der Waals surface area (Å²) < 4.78 is 11.6. The van der Waals surface area contributed by atoms with E-state index in [4.69, 9.17) is 21.1 Å². The van der Waals surface area contributed by atoms with E-state index in [2.05, 4.69) is 25.7 Å². The van der Waals surface area contributed by atoms with Crippen LogP contribution < -0.4 is 4.74 Å². The van der Waals surface area contributed by atoms with Gasteiger partial charge in [-0.2, -0.15) is 0 Å². The molecule has 2 atom stereocenters. The van der Waals surface area contributed by atoms with E-state index in [9.17, 15) is 0 Å². The first-order valence-electron chi connectivity index (χ1n) is 7.87. The molecule has 1 aromatic carbocycles. The van der Waals surface area contributed by atoms with Crippen molar-refractivity contribution in [1.29, 1.82) is 0 Å². The first kappa shape index (κ1) is 16.6. The molecule has 1 heterocycles. The molecule has 1 fully saturated rings. The van der Waals surface area contributed by atoms with Crippen LogP contribution in [0.2, 0.25) is 5.02 Å². The zero-order valence-corrected chi connectivity index (χ0v) is 14.0. The highest BCUT2D eigenvalue weighted by Gasteiger charge is 2.21. The maximum atomic E-state index is 6.11. The standard InChI is InChI=1S/C17H26ClNO2/c1-4-15-10-16(6-7-17(15)18)20-9-5-8-19-11-13(2)21-14(3)12-19/h6-7,10,13-14H,4-5,8-9,11-12H2,1-3H3/t13-,14-/m0/s1. The molecular weight excluding hydrogens is 286 g/mol. The number of aryl methyl sites for hydroxylation is 1. The highest BCUT2D eigenvalue weighted by atomic mass is 35.5. The molecule has 1 saturated heterocycles. The van der Waals surface area contributed by atoms with Crippen molar-refractivity contribution in [2.45, 2.75) is 45.8 Å². The number of benzene rings is 1. The summed E-state index contributed by atoms with van der Waals surface area (Å²) in [5.74, 6) is 0.917. The molecule has 0 unspecified atom stereocenters. The normalized spacial score (nSPS) is 23.2. The van der Waals surface area contributed by atoms with Gasteiger partial charge in [-0.3, -0.25) is 4.90 Å². The summed E-state index contributed by atoms with van der Waals surface area (Å²) in [6.07, 6.45) is 2.62. The Bertz CT molecular complexity index is 442. The third kappa shape index (κ3) is 5.17. The van der Waals surface area contributed by atoms with Crippen molar-refractivity contribution in [1.82, 2.24) is 4.90 Å². The lowest BCUT2D eigenvalue weighted by Gasteiger charge is -2.35. The average molecular weight is 312 g/mol. The van der Waals surface area contributed by atoms with Crippen LogP contribution in [0.1, 0.15) is 32.8 Å². The van der Waals surface area contributed by atoms with Crippen molar-refractivity contribution < 1.29 is 9.47 Å². The van der Waals surface area contributed by atoms with Gasteiger partial charge in [-0.25, -0.2) is 0 Å². The van der Waals surface area contributed by atoms with E-state index in [1.54, 1.807) is 0 Å². The van der Waals surface area contributed by atoms with Crippen LogP contribution in [-0.2, 0) is 11.2 Å². The first-order valence-corrected chi connectivity index (χ1v) is 8.25. The fourth-order valence-electron chi connectivity index (χ4n) is 2.86. The molecule has 3 nitrogen and oxygen atoms in total. The fourth-order valence-corrected chi connectivity index (χ4v) is 3.11. The van der Waals surface area contributed by atoms with E-state index >= 15 is 0 Å². The van der Waals surface area contributed by atoms with Gasteiger partial charge in [0, 0.05) is 24.7 Å². The molecule has 1 aliphatic rings. The van der Waals surface area contributed by atoms with Gasteiger partial charge in [0.1, 0.15) is 5.75 Å². The minimum absolute atomic E-state index is 0.332. The van der Waals surface area contributed by atoms with E-state index < -0.39 is 0 Å². The summed E-state index contributed by atoms with van der Waals surface area (Å²) in [7, 11) is 0. The number of hydrogen-bond acceptors (Lipinski definition) is 3. The first-order chi connectivity index (χ1) is 10.1. The van der Waals surface area contributed by atoms with Crippen LogP contribution in [0.4, 0.5) is 0 Å². The molecule has 0 N–H and O–H groups in total. The maximum absolute atomic E-state index is 6.11. The van der Waals surface area contributed by atoms with Crippen molar-refractivity contribution >= 4 is 11.6 Å². The third-order valence-corrected chi connectivity index (χ3v) is 4.15. The van der Waals surface area contributed by atoms with Gasteiger partial charge >= 0.3 is 0 Å². The van der Waals surface area contributed by atoms with Crippen LogP contribution in [0.15, 0.2) is 18.2 Å². The third-order valence-electron chi connectivity index (χ3n) is 3.78. The second-order valence-corrected chi connectivity index (χ2v) is 6.23. The lowest BCUT2D eigenvalue weighted by Crippen LogP contribution is -2.45. The zero-order valence-electron chi connectivity index (χ0n) is 13.3. The number of ether oxygens (including phenoxy) is 2. The van der Waals surface area contributed by atoms with Crippen molar-refractivity contribution in [3.63, 3.8) is 0 Å². The number of rotatable bonds is 6. The molecule has 0 amide bonds. The summed E-state index contributed by atoms with van der Waals surface area (Å²) >= 11 is 6.11. The maximum Gasteiger partial charge on any atom is 0.119 e. The minimum Gasteiger partial charge on any atom is -0.494 e. The van der Waals surface area contributed by atoms with E-state index in [0.29, 0.717) is 12.2 Å². The lowest BCUT2D eigenvalue weighted by molar-refractivity contribution is -0.0686. The lowest BCUT2D eigenvalue weighted by atomic mass is 10.1. The van der Waals surface area contributed by atoms with E-state index in [0.717, 1.165) is 55.4 Å². The molecule has 0 radical (unpaired) electrons. The molecule has 118 valence electrons. The zero-order chi connectivity index (χ0) is 15.2. The van der Waals surface area contributed by atoms with Gasteiger partial charge in [0.25, 0.3) is 0 Å². The van der Waals surface area contributed by atoms with Crippen LogP contribution in [0.25, 0.3) is 0 Å². The van der Waals surface area contributed by atoms with Crippen LogP contribution >= 0.6 is 11.6 Å². The largest absolute Gasteiger partial charge is 0.494 e. The second-order valence-electron chi connectivity index (χ2n) is 5.83. The second kappa shape index (κ2) is 8.02. The Kier molecular flexibility index (Phi) is 6.34.